The summed E-state index contributed by atoms with van der Waals surface area (Å²) in [6.45, 7) is 1.85. The number of anilines is 1. The van der Waals surface area contributed by atoms with Gasteiger partial charge in [0.2, 0.25) is 5.91 Å². The molecule has 0 radical (unpaired) electrons. The molecule has 4 rings (SSSR count). The summed E-state index contributed by atoms with van der Waals surface area (Å²) in [4.78, 5) is 40.9. The van der Waals surface area contributed by atoms with Gasteiger partial charge in [-0.25, -0.2) is 4.79 Å². The average Bonchev–Trinajstić information content (AvgIpc) is 2.93. The maximum atomic E-state index is 13.1. The van der Waals surface area contributed by atoms with Crippen molar-refractivity contribution in [3.05, 3.63) is 29.3 Å². The molecule has 162 valence electrons. The van der Waals surface area contributed by atoms with Crippen molar-refractivity contribution >= 4 is 23.5 Å². The van der Waals surface area contributed by atoms with Gasteiger partial charge in [0.05, 0.1) is 5.56 Å². The van der Waals surface area contributed by atoms with Gasteiger partial charge in [-0.3, -0.25) is 14.5 Å². The second-order valence-electron chi connectivity index (χ2n) is 8.43. The molecule has 4 amide bonds. The topological polar surface area (TPSA) is 69.7 Å². The third-order valence-electron chi connectivity index (χ3n) is 6.62. The van der Waals surface area contributed by atoms with Crippen molar-refractivity contribution in [1.29, 1.82) is 0 Å². The summed E-state index contributed by atoms with van der Waals surface area (Å²) in [7, 11) is 0. The number of carbonyl (C=O) groups is 3. The molecule has 0 aromatic heterocycles. The van der Waals surface area contributed by atoms with Gasteiger partial charge in [-0.1, -0.05) is 19.8 Å². The Morgan fingerprint density at radius 1 is 1.23 bits per heavy atom. The Balaban J connectivity index is 1.54. The van der Waals surface area contributed by atoms with Crippen molar-refractivity contribution in [2.45, 2.75) is 57.2 Å². The number of rotatable bonds is 2. The first-order chi connectivity index (χ1) is 14.1. The highest BCUT2D eigenvalue weighted by Crippen LogP contribution is 2.39. The number of nitrogens with one attached hydrogen (secondary N) is 1. The molecule has 2 atom stereocenters. The summed E-state index contributed by atoms with van der Waals surface area (Å²) in [5, 5.41) is 2.81. The third kappa shape index (κ3) is 3.33. The number of benzene rings is 1. The molecule has 6 nitrogen and oxygen atoms in total. The molecule has 9 heteroatoms. The summed E-state index contributed by atoms with van der Waals surface area (Å²) >= 11 is 0. The van der Waals surface area contributed by atoms with Crippen LogP contribution in [0.3, 0.4) is 0 Å². The summed E-state index contributed by atoms with van der Waals surface area (Å²) in [5.41, 5.74) is -0.847. The molecule has 2 fully saturated rings. The Hall–Kier alpha value is -2.58. The Bertz CT molecular complexity index is 901. The van der Waals surface area contributed by atoms with E-state index < -0.39 is 35.8 Å². The number of carbonyl (C=O) groups excluding carboxylic acids is 3. The molecule has 1 saturated carbocycles. The zero-order valence-corrected chi connectivity index (χ0v) is 16.7. The number of fused-ring (bicyclic) bond motifs is 1. The van der Waals surface area contributed by atoms with Crippen LogP contribution in [0.4, 0.5) is 23.7 Å². The highest BCUT2D eigenvalue weighted by Gasteiger charge is 2.55. The number of halogens is 3. The largest absolute Gasteiger partial charge is 0.416 e. The Morgan fingerprint density at radius 3 is 2.70 bits per heavy atom. The van der Waals surface area contributed by atoms with Crippen LogP contribution in [0.5, 0.6) is 0 Å². The van der Waals surface area contributed by atoms with Crippen molar-refractivity contribution < 1.29 is 27.6 Å². The van der Waals surface area contributed by atoms with Crippen LogP contribution < -0.4 is 10.2 Å². The van der Waals surface area contributed by atoms with E-state index in [2.05, 4.69) is 5.32 Å². The van der Waals surface area contributed by atoms with Crippen molar-refractivity contribution in [1.82, 2.24) is 10.2 Å². The summed E-state index contributed by atoms with van der Waals surface area (Å²) in [5.74, 6) is -0.864. The maximum absolute atomic E-state index is 13.1. The maximum Gasteiger partial charge on any atom is 0.416 e. The third-order valence-corrected chi connectivity index (χ3v) is 6.62. The van der Waals surface area contributed by atoms with E-state index in [1.165, 1.54) is 11.0 Å². The zero-order chi connectivity index (χ0) is 21.7. The fourth-order valence-corrected chi connectivity index (χ4v) is 4.89. The number of amides is 4. The molecule has 1 aromatic carbocycles. The lowest BCUT2D eigenvalue weighted by Gasteiger charge is -2.37. The molecular formula is C21H24F3N3O3. The minimum Gasteiger partial charge on any atom is -0.323 e. The van der Waals surface area contributed by atoms with Gasteiger partial charge in [-0.2, -0.15) is 13.2 Å². The molecular weight excluding hydrogens is 399 g/mol. The number of hydrogen-bond donors (Lipinski definition) is 1. The van der Waals surface area contributed by atoms with E-state index in [4.69, 9.17) is 0 Å². The Labute approximate surface area is 172 Å². The molecule has 1 N–H and O–H groups in total. The van der Waals surface area contributed by atoms with E-state index in [0.29, 0.717) is 37.1 Å². The van der Waals surface area contributed by atoms with E-state index in [-0.39, 0.29) is 11.8 Å². The van der Waals surface area contributed by atoms with Gasteiger partial charge in [0, 0.05) is 12.2 Å². The first-order valence-electron chi connectivity index (χ1n) is 10.3. The van der Waals surface area contributed by atoms with Crippen molar-refractivity contribution in [3.8, 4) is 0 Å². The number of aryl methyl sites for hydroxylation is 1. The highest BCUT2D eigenvalue weighted by molar-refractivity contribution is 6.10. The molecule has 2 aliphatic heterocycles. The van der Waals surface area contributed by atoms with Gasteiger partial charge < -0.3 is 10.2 Å². The second kappa shape index (κ2) is 7.28. The van der Waals surface area contributed by atoms with Crippen LogP contribution in [0.25, 0.3) is 0 Å². The van der Waals surface area contributed by atoms with E-state index in [9.17, 15) is 27.6 Å². The zero-order valence-electron chi connectivity index (χ0n) is 16.7. The first kappa shape index (κ1) is 20.7. The SMILES string of the molecule is CC1CCCCC12NC(=O)N(CC(=O)N1CCCc3cc(C(F)(F)F)ccc31)C2=O. The second-order valence-corrected chi connectivity index (χ2v) is 8.43. The van der Waals surface area contributed by atoms with Crippen molar-refractivity contribution in [2.75, 3.05) is 18.0 Å². The summed E-state index contributed by atoms with van der Waals surface area (Å²) in [6.07, 6.45) is -0.292. The monoisotopic (exact) mass is 423 g/mol. The van der Waals surface area contributed by atoms with Gasteiger partial charge in [0.1, 0.15) is 12.1 Å². The van der Waals surface area contributed by atoms with E-state index in [1.54, 1.807) is 0 Å². The number of urea groups is 1. The normalized spacial score (nSPS) is 26.7. The van der Waals surface area contributed by atoms with E-state index in [1.807, 2.05) is 6.92 Å². The van der Waals surface area contributed by atoms with Gasteiger partial charge in [-0.15, -0.1) is 0 Å². The standard InChI is InChI=1S/C21H24F3N3O3/c1-13-5-2-3-9-20(13)18(29)27(19(30)25-20)12-17(28)26-10-4-6-14-11-15(21(22,23)24)7-8-16(14)26/h7-8,11,13H,2-6,9-10,12H2,1H3,(H,25,30). The Morgan fingerprint density at radius 2 is 2.00 bits per heavy atom. The predicted octanol–water partition coefficient (Wildman–Crippen LogP) is 3.49. The molecule has 2 unspecified atom stereocenters. The lowest BCUT2D eigenvalue weighted by atomic mass is 9.73. The smallest absolute Gasteiger partial charge is 0.323 e. The Kier molecular flexibility index (Phi) is 5.02. The molecule has 30 heavy (non-hydrogen) atoms. The first-order valence-corrected chi connectivity index (χ1v) is 10.3. The number of alkyl halides is 3. The van der Waals surface area contributed by atoms with Crippen LogP contribution >= 0.6 is 0 Å². The minimum absolute atomic E-state index is 0.0145. The van der Waals surface area contributed by atoms with Gasteiger partial charge in [0.25, 0.3) is 5.91 Å². The van der Waals surface area contributed by atoms with Gasteiger partial charge in [-0.05, 0) is 55.4 Å². The number of nitrogens with zero attached hydrogens (tertiary/aromatic N) is 2. The van der Waals surface area contributed by atoms with Crippen LogP contribution in [0.15, 0.2) is 18.2 Å². The fourth-order valence-electron chi connectivity index (χ4n) is 4.89. The quantitative estimate of drug-likeness (QED) is 0.741. The number of hydrogen-bond acceptors (Lipinski definition) is 3. The molecule has 3 aliphatic rings. The van der Waals surface area contributed by atoms with Crippen molar-refractivity contribution in [3.63, 3.8) is 0 Å². The molecule has 1 spiro atoms. The van der Waals surface area contributed by atoms with Crippen LogP contribution in [0.2, 0.25) is 0 Å². The molecule has 1 aliphatic carbocycles. The predicted molar refractivity (Wildman–Crippen MR) is 103 cm³/mol. The van der Waals surface area contributed by atoms with Crippen LogP contribution in [-0.2, 0) is 22.2 Å². The lowest BCUT2D eigenvalue weighted by molar-refractivity contribution is -0.138. The highest BCUT2D eigenvalue weighted by atomic mass is 19.4. The summed E-state index contributed by atoms with van der Waals surface area (Å²) < 4.78 is 39.0. The lowest BCUT2D eigenvalue weighted by Crippen LogP contribution is -2.54. The van der Waals surface area contributed by atoms with Gasteiger partial charge in [0.15, 0.2) is 0 Å². The molecule has 0 bridgehead atoms. The van der Waals surface area contributed by atoms with Gasteiger partial charge >= 0.3 is 12.2 Å². The summed E-state index contributed by atoms with van der Waals surface area (Å²) in [6, 6.07) is 2.75. The average molecular weight is 423 g/mol. The molecule has 1 saturated heterocycles. The van der Waals surface area contributed by atoms with Crippen LogP contribution in [0.1, 0.15) is 50.2 Å². The van der Waals surface area contributed by atoms with Crippen LogP contribution in [-0.4, -0.2) is 41.4 Å². The van der Waals surface area contributed by atoms with E-state index in [0.717, 1.165) is 36.3 Å². The van der Waals surface area contributed by atoms with Crippen LogP contribution in [0, 0.1) is 5.92 Å². The molecule has 1 aromatic rings. The number of imide groups is 1. The van der Waals surface area contributed by atoms with Crippen molar-refractivity contribution in [2.24, 2.45) is 5.92 Å². The molecule has 2 heterocycles. The minimum atomic E-state index is -4.45. The van der Waals surface area contributed by atoms with E-state index >= 15 is 0 Å². The fraction of sp³-hybridized carbons (Fsp3) is 0.571.